The van der Waals surface area contributed by atoms with Crippen LogP contribution in [-0.2, 0) is 9.59 Å². The molecule has 30 heavy (non-hydrogen) atoms. The van der Waals surface area contributed by atoms with Gasteiger partial charge in [0, 0.05) is 48.8 Å². The minimum atomic E-state index is -0.632. The second kappa shape index (κ2) is 10.2. The van der Waals surface area contributed by atoms with Crippen molar-refractivity contribution >= 4 is 40.9 Å². The number of halogens is 2. The zero-order valence-corrected chi connectivity index (χ0v) is 18.6. The van der Waals surface area contributed by atoms with E-state index in [0.29, 0.717) is 42.6 Å². The predicted octanol–water partition coefficient (Wildman–Crippen LogP) is 3.73. The highest BCUT2D eigenvalue weighted by Gasteiger charge is 2.29. The molecule has 0 aliphatic carbocycles. The average molecular weight is 450 g/mol. The van der Waals surface area contributed by atoms with Gasteiger partial charge in [0.25, 0.3) is 0 Å². The Morgan fingerprint density at radius 1 is 1.17 bits per heavy atom. The normalized spacial score (nSPS) is 15.1. The Kier molecular flexibility index (Phi) is 7.61. The third-order valence-corrected chi connectivity index (χ3v) is 6.51. The van der Waals surface area contributed by atoms with Gasteiger partial charge in [0.1, 0.15) is 11.9 Å². The van der Waals surface area contributed by atoms with Crippen molar-refractivity contribution in [2.24, 2.45) is 0 Å². The monoisotopic (exact) mass is 449 g/mol. The molecule has 1 aliphatic heterocycles. The third-order valence-electron chi connectivity index (χ3n) is 5.02. The fourth-order valence-corrected chi connectivity index (χ4v) is 4.56. The van der Waals surface area contributed by atoms with Gasteiger partial charge in [-0.05, 0) is 36.8 Å². The molecule has 0 spiro atoms. The largest absolute Gasteiger partial charge is 0.366 e. The number of carbonyl (C=O) groups is 2. The van der Waals surface area contributed by atoms with E-state index in [1.807, 2.05) is 30.0 Å². The van der Waals surface area contributed by atoms with Crippen LogP contribution in [0.2, 0.25) is 5.02 Å². The van der Waals surface area contributed by atoms with Crippen LogP contribution in [0.3, 0.4) is 0 Å². The molecule has 3 rings (SSSR count). The van der Waals surface area contributed by atoms with E-state index in [1.165, 1.54) is 24.8 Å². The quantitative estimate of drug-likeness (QED) is 0.683. The van der Waals surface area contributed by atoms with Crippen molar-refractivity contribution in [3.63, 3.8) is 0 Å². The maximum atomic E-state index is 14.0. The topological polar surface area (TPSA) is 52.7 Å². The van der Waals surface area contributed by atoms with Crippen LogP contribution in [0.4, 0.5) is 10.1 Å². The highest BCUT2D eigenvalue weighted by atomic mass is 35.5. The van der Waals surface area contributed by atoms with E-state index in [2.05, 4.69) is 5.32 Å². The minimum Gasteiger partial charge on any atom is -0.366 e. The number of piperazine rings is 1. The van der Waals surface area contributed by atoms with E-state index >= 15 is 0 Å². The highest BCUT2D eigenvalue weighted by Crippen LogP contribution is 2.26. The van der Waals surface area contributed by atoms with E-state index in [0.717, 1.165) is 10.5 Å². The Morgan fingerprint density at radius 3 is 2.50 bits per heavy atom. The van der Waals surface area contributed by atoms with Crippen LogP contribution < -0.4 is 10.2 Å². The van der Waals surface area contributed by atoms with Crippen molar-refractivity contribution in [2.45, 2.75) is 24.8 Å². The van der Waals surface area contributed by atoms with Gasteiger partial charge in [-0.1, -0.05) is 29.8 Å². The van der Waals surface area contributed by atoms with Gasteiger partial charge >= 0.3 is 0 Å². The summed E-state index contributed by atoms with van der Waals surface area (Å²) in [7, 11) is 0. The van der Waals surface area contributed by atoms with Crippen molar-refractivity contribution in [3.8, 4) is 0 Å². The van der Waals surface area contributed by atoms with Crippen LogP contribution in [0.5, 0.6) is 0 Å². The molecule has 1 N–H and O–H groups in total. The lowest BCUT2D eigenvalue weighted by molar-refractivity contribution is -0.135. The lowest BCUT2D eigenvalue weighted by atomic mass is 10.2. The van der Waals surface area contributed by atoms with Gasteiger partial charge in [-0.25, -0.2) is 4.39 Å². The molecule has 2 aromatic carbocycles. The van der Waals surface area contributed by atoms with Crippen LogP contribution in [0.25, 0.3) is 0 Å². The summed E-state index contributed by atoms with van der Waals surface area (Å²) in [5.74, 6) is -0.225. The summed E-state index contributed by atoms with van der Waals surface area (Å²) in [4.78, 5) is 29.3. The number of para-hydroxylation sites is 1. The molecule has 0 saturated carbocycles. The molecule has 2 amide bonds. The molecule has 1 unspecified atom stereocenters. The van der Waals surface area contributed by atoms with Gasteiger partial charge < -0.3 is 15.1 Å². The van der Waals surface area contributed by atoms with Crippen molar-refractivity contribution in [3.05, 3.63) is 58.9 Å². The summed E-state index contributed by atoms with van der Waals surface area (Å²) in [6, 6.07) is 11.8. The molecule has 8 heteroatoms. The first-order chi connectivity index (χ1) is 14.3. The number of anilines is 1. The Bertz CT molecular complexity index is 919. The zero-order chi connectivity index (χ0) is 21.7. The lowest BCUT2D eigenvalue weighted by Crippen LogP contribution is -2.55. The molecule has 1 aliphatic rings. The van der Waals surface area contributed by atoms with Crippen molar-refractivity contribution in [1.82, 2.24) is 10.2 Å². The van der Waals surface area contributed by atoms with E-state index in [-0.39, 0.29) is 17.6 Å². The molecule has 1 fully saturated rings. The maximum Gasteiger partial charge on any atom is 0.246 e. The Labute approximate surface area is 185 Å². The van der Waals surface area contributed by atoms with Gasteiger partial charge in [-0.15, -0.1) is 11.8 Å². The zero-order valence-electron chi connectivity index (χ0n) is 17.0. The average Bonchev–Trinajstić information content (AvgIpc) is 2.73. The van der Waals surface area contributed by atoms with Crippen LogP contribution >= 0.6 is 23.4 Å². The number of amides is 2. The molecule has 5 nitrogen and oxygen atoms in total. The first kappa shape index (κ1) is 22.4. The number of benzene rings is 2. The van der Waals surface area contributed by atoms with Crippen LogP contribution in [0.15, 0.2) is 47.4 Å². The van der Waals surface area contributed by atoms with Gasteiger partial charge in [-0.2, -0.15) is 0 Å². The summed E-state index contributed by atoms with van der Waals surface area (Å²) >= 11 is 7.66. The Hall–Kier alpha value is -2.25. The Morgan fingerprint density at radius 2 is 1.87 bits per heavy atom. The molecule has 0 bridgehead atoms. The van der Waals surface area contributed by atoms with Crippen molar-refractivity contribution in [1.29, 1.82) is 0 Å². The number of hydrogen-bond donors (Lipinski definition) is 1. The first-order valence-electron chi connectivity index (χ1n) is 9.79. The molecule has 1 saturated heterocycles. The number of nitrogens with zero attached hydrogens (tertiary/aromatic N) is 2. The number of rotatable bonds is 6. The molecule has 0 radical (unpaired) electrons. The van der Waals surface area contributed by atoms with E-state index in [1.54, 1.807) is 23.1 Å². The number of hydrogen-bond acceptors (Lipinski definition) is 4. The second-order valence-corrected chi connectivity index (χ2v) is 8.74. The Balaban J connectivity index is 1.61. The van der Waals surface area contributed by atoms with Gasteiger partial charge in [0.2, 0.25) is 11.8 Å². The summed E-state index contributed by atoms with van der Waals surface area (Å²) < 4.78 is 14.0. The van der Waals surface area contributed by atoms with Crippen molar-refractivity contribution < 1.29 is 14.0 Å². The summed E-state index contributed by atoms with van der Waals surface area (Å²) in [5, 5.41) is 3.44. The number of thioether (sulfide) groups is 1. The first-order valence-corrected chi connectivity index (χ1v) is 11.2. The second-order valence-electron chi connectivity index (χ2n) is 7.24. The summed E-state index contributed by atoms with van der Waals surface area (Å²) in [6.07, 6.45) is 0. The number of carbonyl (C=O) groups excluding carboxylic acids is 2. The van der Waals surface area contributed by atoms with Gasteiger partial charge in [0.05, 0.1) is 5.69 Å². The molecule has 1 atom stereocenters. The van der Waals surface area contributed by atoms with Crippen LogP contribution in [-0.4, -0.2) is 54.7 Å². The fraction of sp³-hybridized carbons (Fsp3) is 0.364. The summed E-state index contributed by atoms with van der Waals surface area (Å²) in [5.41, 5.74) is 1.54. The maximum absolute atomic E-state index is 14.0. The molecule has 1 heterocycles. The standard InChI is InChI=1S/C22H25ClFN3O2S/c1-15-7-8-17(13-18(15)23)30-14-20(25-16(2)28)22(29)27-11-9-26(10-12-27)21-6-4-3-5-19(21)24/h3-8,13,20H,9-12,14H2,1-2H3,(H,25,28). The molecular weight excluding hydrogens is 425 g/mol. The third kappa shape index (κ3) is 5.67. The molecule has 160 valence electrons. The lowest BCUT2D eigenvalue weighted by Gasteiger charge is -2.37. The number of aryl methyl sites for hydroxylation is 1. The van der Waals surface area contributed by atoms with Crippen LogP contribution in [0.1, 0.15) is 12.5 Å². The number of nitrogens with one attached hydrogen (secondary N) is 1. The van der Waals surface area contributed by atoms with E-state index in [4.69, 9.17) is 11.6 Å². The minimum absolute atomic E-state index is 0.121. The summed E-state index contributed by atoms with van der Waals surface area (Å²) in [6.45, 7) is 5.38. The van der Waals surface area contributed by atoms with E-state index in [9.17, 15) is 14.0 Å². The molecular formula is C22H25ClFN3O2S. The van der Waals surface area contributed by atoms with Gasteiger partial charge in [-0.3, -0.25) is 9.59 Å². The van der Waals surface area contributed by atoms with Crippen LogP contribution in [0, 0.1) is 12.7 Å². The van der Waals surface area contributed by atoms with Crippen molar-refractivity contribution in [2.75, 3.05) is 36.8 Å². The van der Waals surface area contributed by atoms with E-state index < -0.39 is 6.04 Å². The molecule has 2 aromatic rings. The smallest absolute Gasteiger partial charge is 0.246 e. The predicted molar refractivity (Wildman–Crippen MR) is 120 cm³/mol. The highest BCUT2D eigenvalue weighted by molar-refractivity contribution is 7.99. The van der Waals surface area contributed by atoms with Gasteiger partial charge in [0.15, 0.2) is 0 Å². The SMILES string of the molecule is CC(=O)NC(CSc1ccc(C)c(Cl)c1)C(=O)N1CCN(c2ccccc2F)CC1. The molecule has 0 aromatic heterocycles. The fourth-order valence-electron chi connectivity index (χ4n) is 3.36.